The topological polar surface area (TPSA) is 90.4 Å². The summed E-state index contributed by atoms with van der Waals surface area (Å²) in [7, 11) is -1.92. The van der Waals surface area contributed by atoms with Crippen LogP contribution in [0.2, 0.25) is 18.1 Å². The molecule has 1 fully saturated rings. The van der Waals surface area contributed by atoms with Gasteiger partial charge in [-0.2, -0.15) is 0 Å². The van der Waals surface area contributed by atoms with Gasteiger partial charge in [0.2, 0.25) is 0 Å². The standard InChI is InChI=1S/C15H24N2O5Si/c1-15(2,3)23(4,5)21-9-10-8-11(18)13(22-10)17-7-6-12(19)16-14(17)20/h6-7,10,13H,8-9H2,1-5H3,(H,16,19,20). The average molecular weight is 340 g/mol. The number of nitrogens with one attached hydrogen (secondary N) is 1. The van der Waals surface area contributed by atoms with E-state index in [1.807, 2.05) is 0 Å². The Kier molecular flexibility index (Phi) is 4.79. The Hall–Kier alpha value is -1.51. The van der Waals surface area contributed by atoms with E-state index in [-0.39, 0.29) is 23.3 Å². The van der Waals surface area contributed by atoms with Gasteiger partial charge in [0, 0.05) is 18.7 Å². The predicted octanol–water partition coefficient (Wildman–Crippen LogP) is 1.41. The van der Waals surface area contributed by atoms with Crippen LogP contribution in [-0.4, -0.2) is 36.4 Å². The quantitative estimate of drug-likeness (QED) is 0.837. The highest BCUT2D eigenvalue weighted by molar-refractivity contribution is 6.74. The van der Waals surface area contributed by atoms with Crippen molar-refractivity contribution in [2.75, 3.05) is 6.61 Å². The third-order valence-corrected chi connectivity index (χ3v) is 9.07. The summed E-state index contributed by atoms with van der Waals surface area (Å²) in [6, 6.07) is 1.19. The van der Waals surface area contributed by atoms with E-state index in [9.17, 15) is 14.4 Å². The largest absolute Gasteiger partial charge is 0.414 e. The molecule has 128 valence electrons. The van der Waals surface area contributed by atoms with Crippen LogP contribution in [0.3, 0.4) is 0 Å². The number of aromatic nitrogens is 2. The molecule has 0 radical (unpaired) electrons. The van der Waals surface area contributed by atoms with E-state index in [4.69, 9.17) is 9.16 Å². The van der Waals surface area contributed by atoms with Gasteiger partial charge < -0.3 is 9.16 Å². The highest BCUT2D eigenvalue weighted by atomic mass is 28.4. The lowest BCUT2D eigenvalue weighted by molar-refractivity contribution is -0.127. The van der Waals surface area contributed by atoms with Crippen LogP contribution in [-0.2, 0) is 14.0 Å². The Morgan fingerprint density at radius 3 is 2.57 bits per heavy atom. The maximum atomic E-state index is 12.1. The molecule has 2 rings (SSSR count). The number of rotatable bonds is 4. The van der Waals surface area contributed by atoms with Gasteiger partial charge in [-0.3, -0.25) is 19.1 Å². The van der Waals surface area contributed by atoms with E-state index < -0.39 is 25.8 Å². The van der Waals surface area contributed by atoms with Crippen LogP contribution in [0, 0.1) is 0 Å². The van der Waals surface area contributed by atoms with Gasteiger partial charge in [0.05, 0.1) is 12.7 Å². The van der Waals surface area contributed by atoms with Gasteiger partial charge in [-0.1, -0.05) is 20.8 Å². The van der Waals surface area contributed by atoms with E-state index >= 15 is 0 Å². The number of hydrogen-bond donors (Lipinski definition) is 1. The molecule has 0 amide bonds. The van der Waals surface area contributed by atoms with Gasteiger partial charge in [0.15, 0.2) is 20.3 Å². The SMILES string of the molecule is CC(C)(C)[Si](C)(C)OCC1CC(=O)C(n2ccc(=O)[nH]c2=O)O1. The van der Waals surface area contributed by atoms with Gasteiger partial charge in [-0.05, 0) is 18.1 Å². The molecule has 1 saturated heterocycles. The molecule has 0 saturated carbocycles. The molecule has 1 aromatic heterocycles. The number of ketones is 1. The summed E-state index contributed by atoms with van der Waals surface area (Å²) < 4.78 is 12.9. The summed E-state index contributed by atoms with van der Waals surface area (Å²) >= 11 is 0. The van der Waals surface area contributed by atoms with Crippen molar-refractivity contribution in [2.45, 2.75) is 57.7 Å². The second-order valence-corrected chi connectivity index (χ2v) is 12.2. The molecule has 2 heterocycles. The summed E-state index contributed by atoms with van der Waals surface area (Å²) in [5.41, 5.74) is -1.16. The molecule has 1 N–H and O–H groups in total. The first-order valence-corrected chi connectivity index (χ1v) is 10.6. The third kappa shape index (κ3) is 3.88. The number of H-pyrrole nitrogens is 1. The first kappa shape index (κ1) is 17.8. The molecule has 2 unspecified atom stereocenters. The van der Waals surface area contributed by atoms with Crippen molar-refractivity contribution in [3.63, 3.8) is 0 Å². The highest BCUT2D eigenvalue weighted by Crippen LogP contribution is 2.37. The van der Waals surface area contributed by atoms with Crippen molar-refractivity contribution in [1.29, 1.82) is 0 Å². The van der Waals surface area contributed by atoms with Crippen LogP contribution in [0.5, 0.6) is 0 Å². The zero-order valence-corrected chi connectivity index (χ0v) is 15.2. The number of carbonyl (C=O) groups excluding carboxylic acids is 1. The Bertz CT molecular complexity index is 701. The van der Waals surface area contributed by atoms with E-state index in [0.717, 1.165) is 4.57 Å². The second kappa shape index (κ2) is 6.18. The van der Waals surface area contributed by atoms with Crippen LogP contribution in [0.25, 0.3) is 0 Å². The molecule has 0 spiro atoms. The molecule has 23 heavy (non-hydrogen) atoms. The Morgan fingerprint density at radius 2 is 2.00 bits per heavy atom. The Morgan fingerprint density at radius 1 is 1.35 bits per heavy atom. The van der Waals surface area contributed by atoms with Crippen molar-refractivity contribution in [2.24, 2.45) is 0 Å². The summed E-state index contributed by atoms with van der Waals surface area (Å²) in [6.45, 7) is 11.0. The molecule has 1 aliphatic rings. The van der Waals surface area contributed by atoms with Crippen molar-refractivity contribution >= 4 is 14.1 Å². The van der Waals surface area contributed by atoms with Gasteiger partial charge in [-0.15, -0.1) is 0 Å². The van der Waals surface area contributed by atoms with Crippen LogP contribution in [0.4, 0.5) is 0 Å². The lowest BCUT2D eigenvalue weighted by atomic mass is 10.2. The highest BCUT2D eigenvalue weighted by Gasteiger charge is 2.40. The molecule has 7 nitrogen and oxygen atoms in total. The fraction of sp³-hybridized carbons (Fsp3) is 0.667. The molecule has 1 aliphatic heterocycles. The van der Waals surface area contributed by atoms with Crippen LogP contribution in [0.15, 0.2) is 21.9 Å². The molecule has 1 aromatic rings. The number of aromatic amines is 1. The normalized spacial score (nSPS) is 22.6. The summed E-state index contributed by atoms with van der Waals surface area (Å²) in [4.78, 5) is 37.1. The van der Waals surface area contributed by atoms with Gasteiger partial charge in [0.25, 0.3) is 5.56 Å². The number of hydrogen-bond acceptors (Lipinski definition) is 5. The maximum Gasteiger partial charge on any atom is 0.330 e. The lowest BCUT2D eigenvalue weighted by Crippen LogP contribution is -2.42. The van der Waals surface area contributed by atoms with Gasteiger partial charge >= 0.3 is 5.69 Å². The summed E-state index contributed by atoms with van der Waals surface area (Å²) in [6.07, 6.45) is 0.110. The molecule has 0 aliphatic carbocycles. The minimum absolute atomic E-state index is 0.0743. The smallest absolute Gasteiger partial charge is 0.330 e. The third-order valence-electron chi connectivity index (χ3n) is 4.57. The fourth-order valence-corrected chi connectivity index (χ4v) is 3.12. The predicted molar refractivity (Wildman–Crippen MR) is 88.0 cm³/mol. The average Bonchev–Trinajstić information content (AvgIpc) is 2.76. The molecular weight excluding hydrogens is 316 g/mol. The Labute approximate surface area is 135 Å². The van der Waals surface area contributed by atoms with Crippen LogP contribution < -0.4 is 11.2 Å². The second-order valence-electron chi connectivity index (χ2n) is 7.37. The molecule has 0 aromatic carbocycles. The maximum absolute atomic E-state index is 12.1. The molecule has 2 atom stereocenters. The van der Waals surface area contributed by atoms with Crippen LogP contribution in [0.1, 0.15) is 33.4 Å². The number of Topliss-reactive ketones (excluding diaryl/α,β-unsaturated/α-hetero) is 1. The van der Waals surface area contributed by atoms with Crippen molar-refractivity contribution < 1.29 is 14.0 Å². The number of carbonyl (C=O) groups is 1. The zero-order valence-electron chi connectivity index (χ0n) is 14.2. The van der Waals surface area contributed by atoms with E-state index in [2.05, 4.69) is 38.8 Å². The van der Waals surface area contributed by atoms with E-state index in [1.165, 1.54) is 12.3 Å². The minimum Gasteiger partial charge on any atom is -0.414 e. The van der Waals surface area contributed by atoms with Crippen molar-refractivity contribution in [3.05, 3.63) is 33.1 Å². The minimum atomic E-state index is -1.92. The number of nitrogens with zero attached hydrogens (tertiary/aromatic N) is 1. The molecule has 8 heteroatoms. The van der Waals surface area contributed by atoms with Crippen molar-refractivity contribution in [3.8, 4) is 0 Å². The first-order valence-electron chi connectivity index (χ1n) is 7.65. The van der Waals surface area contributed by atoms with Crippen molar-refractivity contribution in [1.82, 2.24) is 9.55 Å². The fourth-order valence-electron chi connectivity index (χ4n) is 2.08. The zero-order chi connectivity index (χ0) is 17.4. The Balaban J connectivity index is 2.06. The van der Waals surface area contributed by atoms with Crippen LogP contribution >= 0.6 is 0 Å². The van der Waals surface area contributed by atoms with Gasteiger partial charge in [-0.25, -0.2) is 4.79 Å². The number of ether oxygens (including phenoxy) is 1. The summed E-state index contributed by atoms with van der Waals surface area (Å²) in [5.74, 6) is -0.192. The molecular formula is C15H24N2O5Si. The van der Waals surface area contributed by atoms with E-state index in [1.54, 1.807) is 0 Å². The summed E-state index contributed by atoms with van der Waals surface area (Å²) in [5, 5.41) is 0.0743. The van der Waals surface area contributed by atoms with E-state index in [0.29, 0.717) is 6.61 Å². The van der Waals surface area contributed by atoms with Gasteiger partial charge in [0.1, 0.15) is 0 Å². The molecule has 0 bridgehead atoms. The lowest BCUT2D eigenvalue weighted by Gasteiger charge is -2.36. The monoisotopic (exact) mass is 340 g/mol. The first-order chi connectivity index (χ1) is 10.5.